The van der Waals surface area contributed by atoms with Crippen LogP contribution in [0.2, 0.25) is 0 Å². The summed E-state index contributed by atoms with van der Waals surface area (Å²) < 4.78 is 13.4. The molecule has 0 unspecified atom stereocenters. The molecule has 0 radical (unpaired) electrons. The van der Waals surface area contributed by atoms with Gasteiger partial charge in [-0.1, -0.05) is 13.0 Å². The molecule has 138 valence electrons. The smallest absolute Gasteiger partial charge is 0.231 e. The van der Waals surface area contributed by atoms with Crippen LogP contribution in [0.15, 0.2) is 30.6 Å². The average molecular weight is 353 g/mol. The maximum Gasteiger partial charge on any atom is 0.231 e. The summed E-state index contributed by atoms with van der Waals surface area (Å²) >= 11 is 0. The standard InChI is InChI=1S/C21H27N3O2/c1-16(12-17-4-5-18-19(13-17)26-15-25-18)20-22-8-11-23(20)14-21-6-2-9-24(21)10-3-7-21/h4-5,8,11,13,16H,2-3,6-7,9-10,12,14-15H2,1H3/t16-/m1/s1. The molecule has 2 saturated heterocycles. The van der Waals surface area contributed by atoms with Crippen molar-refractivity contribution in [3.8, 4) is 11.5 Å². The minimum absolute atomic E-state index is 0.331. The van der Waals surface area contributed by atoms with Crippen LogP contribution in [-0.2, 0) is 13.0 Å². The number of imidazole rings is 1. The van der Waals surface area contributed by atoms with Crippen LogP contribution in [0, 0.1) is 0 Å². The van der Waals surface area contributed by atoms with Crippen molar-refractivity contribution in [3.63, 3.8) is 0 Å². The summed E-state index contributed by atoms with van der Waals surface area (Å²) in [7, 11) is 0. The van der Waals surface area contributed by atoms with Gasteiger partial charge in [-0.2, -0.15) is 0 Å². The number of benzene rings is 1. The summed E-state index contributed by atoms with van der Waals surface area (Å²) in [4.78, 5) is 7.45. The number of fused-ring (bicyclic) bond motifs is 2. The van der Waals surface area contributed by atoms with E-state index >= 15 is 0 Å². The van der Waals surface area contributed by atoms with Gasteiger partial charge in [0.05, 0.1) is 0 Å². The Morgan fingerprint density at radius 3 is 2.81 bits per heavy atom. The molecule has 5 rings (SSSR count). The van der Waals surface area contributed by atoms with Gasteiger partial charge in [-0.3, -0.25) is 4.90 Å². The molecule has 5 nitrogen and oxygen atoms in total. The molecule has 1 aromatic heterocycles. The van der Waals surface area contributed by atoms with Gasteiger partial charge in [0.15, 0.2) is 11.5 Å². The summed E-state index contributed by atoms with van der Waals surface area (Å²) in [5, 5.41) is 0. The molecule has 2 fully saturated rings. The first-order valence-electron chi connectivity index (χ1n) is 9.88. The predicted octanol–water partition coefficient (Wildman–Crippen LogP) is 3.59. The number of rotatable bonds is 5. The van der Waals surface area contributed by atoms with Crippen LogP contribution in [0.3, 0.4) is 0 Å². The zero-order chi connectivity index (χ0) is 17.6. The van der Waals surface area contributed by atoms with E-state index in [0.717, 1.165) is 24.5 Å². The molecule has 1 atom stereocenters. The van der Waals surface area contributed by atoms with Crippen molar-refractivity contribution < 1.29 is 9.47 Å². The van der Waals surface area contributed by atoms with Crippen LogP contribution in [-0.4, -0.2) is 39.9 Å². The molecular formula is C21H27N3O2. The Morgan fingerprint density at radius 1 is 1.15 bits per heavy atom. The molecule has 0 aliphatic carbocycles. The highest BCUT2D eigenvalue weighted by Crippen LogP contribution is 2.40. The first-order valence-corrected chi connectivity index (χ1v) is 9.88. The van der Waals surface area contributed by atoms with E-state index in [1.807, 2.05) is 12.3 Å². The maximum atomic E-state index is 5.52. The molecule has 0 spiro atoms. The van der Waals surface area contributed by atoms with E-state index < -0.39 is 0 Å². The first kappa shape index (κ1) is 16.2. The van der Waals surface area contributed by atoms with Crippen molar-refractivity contribution in [2.24, 2.45) is 0 Å². The monoisotopic (exact) mass is 353 g/mol. The lowest BCUT2D eigenvalue weighted by Gasteiger charge is -2.33. The van der Waals surface area contributed by atoms with Gasteiger partial charge < -0.3 is 14.0 Å². The van der Waals surface area contributed by atoms with Gasteiger partial charge in [-0.25, -0.2) is 4.98 Å². The third-order valence-electron chi connectivity index (χ3n) is 6.44. The Morgan fingerprint density at radius 2 is 1.96 bits per heavy atom. The molecule has 3 aliphatic rings. The third-order valence-corrected chi connectivity index (χ3v) is 6.44. The van der Waals surface area contributed by atoms with Crippen LogP contribution in [0.1, 0.15) is 49.9 Å². The predicted molar refractivity (Wildman–Crippen MR) is 99.7 cm³/mol. The fourth-order valence-electron chi connectivity index (χ4n) is 5.20. The summed E-state index contributed by atoms with van der Waals surface area (Å²) in [6, 6.07) is 6.27. The van der Waals surface area contributed by atoms with Gasteiger partial charge in [0.2, 0.25) is 6.79 Å². The van der Waals surface area contributed by atoms with Gasteiger partial charge in [0.25, 0.3) is 0 Å². The minimum Gasteiger partial charge on any atom is -0.454 e. The Balaban J connectivity index is 1.34. The number of aromatic nitrogens is 2. The van der Waals surface area contributed by atoms with Crippen LogP contribution in [0.25, 0.3) is 0 Å². The topological polar surface area (TPSA) is 39.5 Å². The molecule has 5 heteroatoms. The lowest BCUT2D eigenvalue weighted by atomic mass is 9.93. The Kier molecular flexibility index (Phi) is 3.92. The van der Waals surface area contributed by atoms with Crippen LogP contribution in [0.4, 0.5) is 0 Å². The summed E-state index contributed by atoms with van der Waals surface area (Å²) in [5.41, 5.74) is 1.66. The van der Waals surface area contributed by atoms with Crippen molar-refractivity contribution in [2.75, 3.05) is 19.9 Å². The lowest BCUT2D eigenvalue weighted by molar-refractivity contribution is 0.167. The third kappa shape index (κ3) is 2.69. The molecule has 0 amide bonds. The molecule has 26 heavy (non-hydrogen) atoms. The molecular weight excluding hydrogens is 326 g/mol. The van der Waals surface area contributed by atoms with Crippen molar-refractivity contribution in [3.05, 3.63) is 42.0 Å². The molecule has 4 heterocycles. The highest BCUT2D eigenvalue weighted by Gasteiger charge is 2.44. The number of hydrogen-bond acceptors (Lipinski definition) is 4. The van der Waals surface area contributed by atoms with E-state index in [0.29, 0.717) is 18.2 Å². The van der Waals surface area contributed by atoms with E-state index in [9.17, 15) is 0 Å². The van der Waals surface area contributed by atoms with Crippen molar-refractivity contribution in [1.82, 2.24) is 14.5 Å². The maximum absolute atomic E-state index is 5.52. The van der Waals surface area contributed by atoms with Gasteiger partial charge in [-0.15, -0.1) is 0 Å². The van der Waals surface area contributed by atoms with Crippen LogP contribution in [0.5, 0.6) is 11.5 Å². The van der Waals surface area contributed by atoms with Crippen LogP contribution < -0.4 is 9.47 Å². The number of hydrogen-bond donors (Lipinski definition) is 0. The summed E-state index contributed by atoms with van der Waals surface area (Å²) in [5.74, 6) is 3.29. The fraction of sp³-hybridized carbons (Fsp3) is 0.571. The van der Waals surface area contributed by atoms with Gasteiger partial charge in [0.1, 0.15) is 5.82 Å². The lowest BCUT2D eigenvalue weighted by Crippen LogP contribution is -2.42. The molecule has 0 saturated carbocycles. The summed E-state index contributed by atoms with van der Waals surface area (Å²) in [6.45, 7) is 6.25. The largest absolute Gasteiger partial charge is 0.454 e. The van der Waals surface area contributed by atoms with Crippen molar-refractivity contribution >= 4 is 0 Å². The Hall–Kier alpha value is -2.01. The Labute approximate surface area is 154 Å². The van der Waals surface area contributed by atoms with Crippen molar-refractivity contribution in [2.45, 2.75) is 57.0 Å². The SMILES string of the molecule is C[C@H](Cc1ccc2c(c1)OCO2)c1nccn1CC12CCCN1CCC2. The number of ether oxygens (including phenoxy) is 2. The zero-order valence-corrected chi connectivity index (χ0v) is 15.5. The normalized spacial score (nSPS) is 21.9. The quantitative estimate of drug-likeness (QED) is 0.824. The molecule has 3 aliphatic heterocycles. The van der Waals surface area contributed by atoms with E-state index in [4.69, 9.17) is 14.5 Å². The second-order valence-electron chi connectivity index (χ2n) is 8.12. The van der Waals surface area contributed by atoms with E-state index in [1.54, 1.807) is 0 Å². The fourth-order valence-corrected chi connectivity index (χ4v) is 5.20. The van der Waals surface area contributed by atoms with Gasteiger partial charge in [0, 0.05) is 30.4 Å². The van der Waals surface area contributed by atoms with E-state index in [1.165, 1.54) is 50.2 Å². The van der Waals surface area contributed by atoms with E-state index in [-0.39, 0.29) is 0 Å². The molecule has 0 bridgehead atoms. The molecule has 1 aromatic carbocycles. The second-order valence-corrected chi connectivity index (χ2v) is 8.12. The summed E-state index contributed by atoms with van der Waals surface area (Å²) in [6.07, 6.45) is 10.5. The zero-order valence-electron chi connectivity index (χ0n) is 15.5. The molecule has 0 N–H and O–H groups in total. The van der Waals surface area contributed by atoms with E-state index in [2.05, 4.69) is 34.7 Å². The van der Waals surface area contributed by atoms with Crippen molar-refractivity contribution in [1.29, 1.82) is 0 Å². The average Bonchev–Trinajstić information content (AvgIpc) is 3.38. The Bertz CT molecular complexity index is 790. The van der Waals surface area contributed by atoms with Gasteiger partial charge in [-0.05, 0) is 62.9 Å². The second kappa shape index (κ2) is 6.31. The highest BCUT2D eigenvalue weighted by molar-refractivity contribution is 5.44. The van der Waals surface area contributed by atoms with Crippen LogP contribution >= 0.6 is 0 Å². The highest BCUT2D eigenvalue weighted by atomic mass is 16.7. The number of nitrogens with zero attached hydrogens (tertiary/aromatic N) is 3. The van der Waals surface area contributed by atoms with Gasteiger partial charge >= 0.3 is 0 Å². The minimum atomic E-state index is 0.331. The molecule has 2 aromatic rings. The first-order chi connectivity index (χ1) is 12.7.